The minimum Gasteiger partial charge on any atom is -0.299 e. The molecule has 60 valence electrons. The smallest absolute Gasteiger partial charge is 0.237 e. The lowest BCUT2D eigenvalue weighted by molar-refractivity contribution is -0.131. The van der Waals surface area contributed by atoms with E-state index >= 15 is 0 Å². The molecule has 11 heavy (non-hydrogen) atoms. The molecule has 1 fully saturated rings. The summed E-state index contributed by atoms with van der Waals surface area (Å²) in [7, 11) is 0. The van der Waals surface area contributed by atoms with Gasteiger partial charge in [-0.3, -0.25) is 19.7 Å². The van der Waals surface area contributed by atoms with Crippen LogP contribution in [0.5, 0.6) is 0 Å². The second kappa shape index (κ2) is 2.45. The van der Waals surface area contributed by atoms with E-state index in [1.54, 1.807) is 6.92 Å². The summed E-state index contributed by atoms with van der Waals surface area (Å²) >= 11 is 0. The maximum absolute atomic E-state index is 10.9. The van der Waals surface area contributed by atoms with Gasteiger partial charge in [-0.05, 0) is 6.92 Å². The van der Waals surface area contributed by atoms with Gasteiger partial charge in [0.15, 0.2) is 0 Å². The minimum absolute atomic E-state index is 0.249. The predicted molar refractivity (Wildman–Crippen MR) is 36.5 cm³/mol. The van der Waals surface area contributed by atoms with E-state index in [2.05, 4.69) is 5.32 Å². The Bertz CT molecular complexity index is 234. The van der Waals surface area contributed by atoms with Gasteiger partial charge in [0.2, 0.25) is 11.8 Å². The van der Waals surface area contributed by atoms with Crippen LogP contribution in [0.3, 0.4) is 0 Å². The Morgan fingerprint density at radius 1 is 1.36 bits per heavy atom. The van der Waals surface area contributed by atoms with E-state index in [4.69, 9.17) is 0 Å². The average Bonchev–Trinajstić information content (AvgIpc) is 2.07. The maximum atomic E-state index is 10.9. The molecular formula is C7H9NO3. The highest BCUT2D eigenvalue weighted by molar-refractivity contribution is 6.14. The van der Waals surface area contributed by atoms with Crippen molar-refractivity contribution in [2.75, 3.05) is 0 Å². The lowest BCUT2D eigenvalue weighted by Crippen LogP contribution is -2.25. The average molecular weight is 155 g/mol. The third kappa shape index (κ3) is 1.15. The fourth-order valence-electron chi connectivity index (χ4n) is 1.23. The molecule has 0 aromatic heterocycles. The first kappa shape index (κ1) is 7.91. The van der Waals surface area contributed by atoms with E-state index in [1.807, 2.05) is 0 Å². The molecule has 1 heterocycles. The van der Waals surface area contributed by atoms with E-state index < -0.39 is 17.7 Å². The number of hydrogen-bond acceptors (Lipinski definition) is 3. The summed E-state index contributed by atoms with van der Waals surface area (Å²) in [5, 5.41) is 2.10. The highest BCUT2D eigenvalue weighted by Gasteiger charge is 2.41. The van der Waals surface area contributed by atoms with Gasteiger partial charge in [0.1, 0.15) is 11.7 Å². The Morgan fingerprint density at radius 3 is 2.09 bits per heavy atom. The SMILES string of the molecule is CC(=O)C1C(=O)NC(=O)C1C. The monoisotopic (exact) mass is 155 g/mol. The number of Topliss-reactive ketones (excluding diaryl/α,β-unsaturated/α-hetero) is 1. The summed E-state index contributed by atoms with van der Waals surface area (Å²) in [4.78, 5) is 32.5. The van der Waals surface area contributed by atoms with Gasteiger partial charge in [-0.25, -0.2) is 0 Å². The number of amides is 2. The zero-order valence-electron chi connectivity index (χ0n) is 6.38. The zero-order valence-corrected chi connectivity index (χ0v) is 6.38. The zero-order chi connectivity index (χ0) is 8.59. The van der Waals surface area contributed by atoms with Crippen LogP contribution in [0.1, 0.15) is 13.8 Å². The number of rotatable bonds is 1. The molecule has 2 atom stereocenters. The van der Waals surface area contributed by atoms with Gasteiger partial charge in [-0.1, -0.05) is 6.92 Å². The Hall–Kier alpha value is -1.19. The Labute approximate surface area is 64.0 Å². The van der Waals surface area contributed by atoms with Crippen molar-refractivity contribution in [3.8, 4) is 0 Å². The summed E-state index contributed by atoms with van der Waals surface area (Å²) < 4.78 is 0. The van der Waals surface area contributed by atoms with Crippen molar-refractivity contribution in [3.05, 3.63) is 0 Å². The van der Waals surface area contributed by atoms with Crippen LogP contribution >= 0.6 is 0 Å². The quantitative estimate of drug-likeness (QED) is 0.409. The fraction of sp³-hybridized carbons (Fsp3) is 0.571. The Kier molecular flexibility index (Phi) is 1.76. The third-order valence-corrected chi connectivity index (χ3v) is 1.88. The molecule has 2 amide bonds. The summed E-state index contributed by atoms with van der Waals surface area (Å²) in [6.45, 7) is 2.89. The predicted octanol–water partition coefficient (Wildman–Crippen LogP) is -0.516. The van der Waals surface area contributed by atoms with Crippen LogP contribution in [0, 0.1) is 11.8 Å². The van der Waals surface area contributed by atoms with Crippen LogP contribution in [-0.2, 0) is 14.4 Å². The van der Waals surface area contributed by atoms with Gasteiger partial charge >= 0.3 is 0 Å². The van der Waals surface area contributed by atoms with E-state index in [0.29, 0.717) is 0 Å². The van der Waals surface area contributed by atoms with Crippen LogP contribution in [-0.4, -0.2) is 17.6 Å². The van der Waals surface area contributed by atoms with Gasteiger partial charge in [-0.15, -0.1) is 0 Å². The molecule has 2 unspecified atom stereocenters. The van der Waals surface area contributed by atoms with Crippen molar-refractivity contribution < 1.29 is 14.4 Å². The van der Waals surface area contributed by atoms with Crippen molar-refractivity contribution in [2.24, 2.45) is 11.8 Å². The molecule has 1 rings (SSSR count). The Morgan fingerprint density at radius 2 is 1.91 bits per heavy atom. The minimum atomic E-state index is -0.762. The molecule has 0 aromatic carbocycles. The molecule has 0 radical (unpaired) electrons. The molecule has 0 saturated carbocycles. The summed E-state index contributed by atoms with van der Waals surface area (Å²) in [6, 6.07) is 0. The van der Waals surface area contributed by atoms with Crippen molar-refractivity contribution >= 4 is 17.6 Å². The first-order valence-corrected chi connectivity index (χ1v) is 3.39. The van der Waals surface area contributed by atoms with Crippen LogP contribution in [0.25, 0.3) is 0 Å². The van der Waals surface area contributed by atoms with Crippen molar-refractivity contribution in [3.63, 3.8) is 0 Å². The second-order valence-electron chi connectivity index (χ2n) is 2.73. The number of carbonyl (C=O) groups excluding carboxylic acids is 3. The first-order chi connectivity index (χ1) is 5.04. The number of carbonyl (C=O) groups is 3. The van der Waals surface area contributed by atoms with Crippen molar-refractivity contribution in [1.82, 2.24) is 5.32 Å². The normalized spacial score (nSPS) is 30.4. The molecule has 4 heteroatoms. The number of ketones is 1. The van der Waals surface area contributed by atoms with Gasteiger partial charge in [0.25, 0.3) is 0 Å². The second-order valence-corrected chi connectivity index (χ2v) is 2.73. The van der Waals surface area contributed by atoms with Crippen LogP contribution in [0.4, 0.5) is 0 Å². The summed E-state index contributed by atoms with van der Waals surface area (Å²) in [6.07, 6.45) is 0. The molecule has 0 bridgehead atoms. The van der Waals surface area contributed by atoms with Crippen LogP contribution in [0.15, 0.2) is 0 Å². The lowest BCUT2D eigenvalue weighted by Gasteiger charge is -2.04. The first-order valence-electron chi connectivity index (χ1n) is 3.39. The fourth-order valence-corrected chi connectivity index (χ4v) is 1.23. The Balaban J connectivity index is 2.88. The molecule has 0 spiro atoms. The van der Waals surface area contributed by atoms with Crippen molar-refractivity contribution in [2.45, 2.75) is 13.8 Å². The summed E-state index contributed by atoms with van der Waals surface area (Å²) in [5.41, 5.74) is 0. The van der Waals surface area contributed by atoms with Gasteiger partial charge in [0, 0.05) is 0 Å². The molecule has 1 aliphatic heterocycles. The molecule has 4 nitrogen and oxygen atoms in total. The molecule has 0 aliphatic carbocycles. The van der Waals surface area contributed by atoms with E-state index in [-0.39, 0.29) is 11.7 Å². The molecule has 1 aliphatic rings. The standard InChI is InChI=1S/C7H9NO3/c1-3-5(4(2)9)7(11)8-6(3)10/h3,5H,1-2H3,(H,8,10,11). The van der Waals surface area contributed by atoms with Gasteiger partial charge in [-0.2, -0.15) is 0 Å². The number of hydrogen-bond donors (Lipinski definition) is 1. The van der Waals surface area contributed by atoms with E-state index in [1.165, 1.54) is 6.92 Å². The molecular weight excluding hydrogens is 146 g/mol. The largest absolute Gasteiger partial charge is 0.299 e. The number of nitrogens with one attached hydrogen (secondary N) is 1. The van der Waals surface area contributed by atoms with Gasteiger partial charge in [0.05, 0.1) is 5.92 Å². The van der Waals surface area contributed by atoms with Crippen LogP contribution in [0.2, 0.25) is 0 Å². The molecule has 1 N–H and O–H groups in total. The molecule has 1 saturated heterocycles. The van der Waals surface area contributed by atoms with Crippen molar-refractivity contribution in [1.29, 1.82) is 0 Å². The number of imide groups is 1. The third-order valence-electron chi connectivity index (χ3n) is 1.88. The topological polar surface area (TPSA) is 63.2 Å². The lowest BCUT2D eigenvalue weighted by atomic mass is 9.94. The van der Waals surface area contributed by atoms with Crippen LogP contribution < -0.4 is 5.32 Å². The van der Waals surface area contributed by atoms with E-state index in [0.717, 1.165) is 0 Å². The summed E-state index contributed by atoms with van der Waals surface area (Å²) in [5.74, 6) is -2.33. The van der Waals surface area contributed by atoms with Gasteiger partial charge < -0.3 is 0 Å². The van der Waals surface area contributed by atoms with E-state index in [9.17, 15) is 14.4 Å². The maximum Gasteiger partial charge on any atom is 0.237 e. The molecule has 0 aromatic rings. The highest BCUT2D eigenvalue weighted by Crippen LogP contribution is 2.18. The highest BCUT2D eigenvalue weighted by atomic mass is 16.2.